The molecule has 176 valence electrons. The Morgan fingerprint density at radius 3 is 2.73 bits per heavy atom. The van der Waals surface area contributed by atoms with Gasteiger partial charge in [-0.1, -0.05) is 16.6 Å². The number of alkyl halides is 4. The fourth-order valence-corrected chi connectivity index (χ4v) is 3.41. The Kier molecular flexibility index (Phi) is 7.63. The maximum absolute atomic E-state index is 14.3. The quantitative estimate of drug-likeness (QED) is 0.442. The van der Waals surface area contributed by atoms with Gasteiger partial charge in [0.15, 0.2) is 5.69 Å². The molecule has 0 aliphatic heterocycles. The molecule has 3 aromatic rings. The van der Waals surface area contributed by atoms with Gasteiger partial charge in [-0.3, -0.25) is 14.6 Å². The number of hydrogen-bond donors (Lipinski definition) is 2. The number of nitrogens with zero attached hydrogens (tertiary/aromatic N) is 6. The molecule has 0 aliphatic carbocycles. The van der Waals surface area contributed by atoms with Gasteiger partial charge in [-0.25, -0.2) is 9.07 Å². The summed E-state index contributed by atoms with van der Waals surface area (Å²) in [7, 11) is 1.44. The standard InChI is InChI=1S/C18H18F4N8O2S/c1-23-15(31)13-9-30(29-26-13)8-11(19)2-3-14-27-28-17(33-14)16(32)25-7-12-6-10(4-5-24-12)18(20,21)22/h4-6,9,11H,2-3,7-8H2,1H3,(H,23,31)(H,25,32)/t11-/m0/s1. The van der Waals surface area contributed by atoms with E-state index in [4.69, 9.17) is 0 Å². The highest BCUT2D eigenvalue weighted by Gasteiger charge is 2.30. The molecule has 0 aromatic carbocycles. The van der Waals surface area contributed by atoms with E-state index in [1.54, 1.807) is 0 Å². The number of aromatic nitrogens is 6. The zero-order valence-electron chi connectivity index (χ0n) is 17.1. The number of halogens is 4. The van der Waals surface area contributed by atoms with Gasteiger partial charge < -0.3 is 10.6 Å². The van der Waals surface area contributed by atoms with Crippen LogP contribution in [0.15, 0.2) is 24.5 Å². The fraction of sp³-hybridized carbons (Fsp3) is 0.389. The van der Waals surface area contributed by atoms with Crippen LogP contribution in [0.4, 0.5) is 17.6 Å². The van der Waals surface area contributed by atoms with Crippen LogP contribution in [0.2, 0.25) is 0 Å². The van der Waals surface area contributed by atoms with Crippen molar-refractivity contribution in [2.45, 2.75) is 38.3 Å². The Bertz CT molecular complexity index is 1120. The van der Waals surface area contributed by atoms with Gasteiger partial charge in [0.2, 0.25) is 5.01 Å². The van der Waals surface area contributed by atoms with Crippen LogP contribution in [-0.4, -0.2) is 55.2 Å². The third-order valence-corrected chi connectivity index (χ3v) is 5.27. The van der Waals surface area contributed by atoms with Crippen LogP contribution in [0.3, 0.4) is 0 Å². The highest BCUT2D eigenvalue weighted by Crippen LogP contribution is 2.29. The number of rotatable bonds is 9. The smallest absolute Gasteiger partial charge is 0.354 e. The third-order valence-electron chi connectivity index (χ3n) is 4.29. The monoisotopic (exact) mass is 486 g/mol. The maximum atomic E-state index is 14.3. The molecule has 3 aromatic heterocycles. The van der Waals surface area contributed by atoms with Crippen molar-refractivity contribution >= 4 is 23.2 Å². The molecule has 0 radical (unpaired) electrons. The summed E-state index contributed by atoms with van der Waals surface area (Å²) in [6.45, 7) is -0.333. The average Bonchev–Trinajstić information content (AvgIpc) is 3.45. The van der Waals surface area contributed by atoms with Crippen molar-refractivity contribution in [1.29, 1.82) is 0 Å². The number of amides is 2. The molecule has 0 fully saturated rings. The Balaban J connectivity index is 1.47. The van der Waals surface area contributed by atoms with Gasteiger partial charge in [-0.05, 0) is 18.6 Å². The molecule has 15 heteroatoms. The lowest BCUT2D eigenvalue weighted by molar-refractivity contribution is -0.137. The predicted octanol–water partition coefficient (Wildman–Crippen LogP) is 1.80. The van der Waals surface area contributed by atoms with Crippen LogP contribution in [0.5, 0.6) is 0 Å². The zero-order chi connectivity index (χ0) is 24.0. The van der Waals surface area contributed by atoms with E-state index in [0.717, 1.165) is 29.7 Å². The Hall–Kier alpha value is -3.49. The van der Waals surface area contributed by atoms with Gasteiger partial charge in [0.25, 0.3) is 11.8 Å². The molecule has 33 heavy (non-hydrogen) atoms. The summed E-state index contributed by atoms with van der Waals surface area (Å²) in [4.78, 5) is 27.4. The van der Waals surface area contributed by atoms with Crippen LogP contribution in [0, 0.1) is 0 Å². The summed E-state index contributed by atoms with van der Waals surface area (Å²) in [5.74, 6) is -1.06. The van der Waals surface area contributed by atoms with Crippen LogP contribution in [-0.2, 0) is 25.7 Å². The van der Waals surface area contributed by atoms with Crippen LogP contribution < -0.4 is 10.6 Å². The second kappa shape index (κ2) is 10.4. The van der Waals surface area contributed by atoms with E-state index in [9.17, 15) is 27.2 Å². The van der Waals surface area contributed by atoms with Crippen molar-refractivity contribution in [3.63, 3.8) is 0 Å². The molecule has 0 bridgehead atoms. The maximum Gasteiger partial charge on any atom is 0.416 e. The number of carbonyl (C=O) groups excluding carboxylic acids is 2. The topological polar surface area (TPSA) is 128 Å². The molecule has 1 atom stereocenters. The van der Waals surface area contributed by atoms with E-state index < -0.39 is 29.7 Å². The number of aryl methyl sites for hydroxylation is 1. The van der Waals surface area contributed by atoms with E-state index in [-0.39, 0.29) is 42.3 Å². The first-order valence-electron chi connectivity index (χ1n) is 9.54. The molecule has 3 rings (SSSR count). The first kappa shape index (κ1) is 24.2. The number of hydrogen-bond acceptors (Lipinski definition) is 8. The molecule has 0 unspecified atom stereocenters. The first-order chi connectivity index (χ1) is 15.7. The Labute approximate surface area is 188 Å². The minimum absolute atomic E-state index is 0.00104. The molecular weight excluding hydrogens is 468 g/mol. The molecular formula is C18H18F4N8O2S. The molecule has 0 saturated carbocycles. The third kappa shape index (κ3) is 6.74. The summed E-state index contributed by atoms with van der Waals surface area (Å²) in [5.41, 5.74) is -0.753. The highest BCUT2D eigenvalue weighted by atomic mass is 32.1. The minimum Gasteiger partial charge on any atom is -0.354 e. The highest BCUT2D eigenvalue weighted by molar-refractivity contribution is 7.13. The molecule has 2 N–H and O–H groups in total. The lowest BCUT2D eigenvalue weighted by Crippen LogP contribution is -2.23. The summed E-state index contributed by atoms with van der Waals surface area (Å²) in [6.07, 6.45) is -3.20. The average molecular weight is 486 g/mol. The Morgan fingerprint density at radius 1 is 1.21 bits per heavy atom. The van der Waals surface area contributed by atoms with Crippen molar-refractivity contribution in [3.05, 3.63) is 51.5 Å². The van der Waals surface area contributed by atoms with Crippen molar-refractivity contribution in [3.8, 4) is 0 Å². The minimum atomic E-state index is -4.51. The molecule has 2 amide bonds. The van der Waals surface area contributed by atoms with E-state index in [0.29, 0.717) is 5.01 Å². The molecule has 0 saturated heterocycles. The van der Waals surface area contributed by atoms with Gasteiger partial charge in [-0.2, -0.15) is 13.2 Å². The second-order valence-electron chi connectivity index (χ2n) is 6.76. The van der Waals surface area contributed by atoms with E-state index in [2.05, 4.69) is 36.1 Å². The van der Waals surface area contributed by atoms with Gasteiger partial charge >= 0.3 is 6.18 Å². The lowest BCUT2D eigenvalue weighted by Gasteiger charge is -2.08. The Morgan fingerprint density at radius 2 is 2.00 bits per heavy atom. The number of nitrogens with one attached hydrogen (secondary N) is 2. The molecule has 0 spiro atoms. The lowest BCUT2D eigenvalue weighted by atomic mass is 10.2. The summed E-state index contributed by atoms with van der Waals surface area (Å²) < 4.78 is 53.7. The van der Waals surface area contributed by atoms with E-state index in [1.165, 1.54) is 17.9 Å². The molecule has 0 aliphatic rings. The summed E-state index contributed by atoms with van der Waals surface area (Å²) in [6, 6.07) is 1.68. The first-order valence-corrected chi connectivity index (χ1v) is 10.4. The van der Waals surface area contributed by atoms with Gasteiger partial charge in [0.05, 0.1) is 30.5 Å². The van der Waals surface area contributed by atoms with Crippen molar-refractivity contribution in [2.75, 3.05) is 7.05 Å². The van der Waals surface area contributed by atoms with Gasteiger partial charge in [0.1, 0.15) is 11.2 Å². The van der Waals surface area contributed by atoms with Crippen LogP contribution in [0.1, 0.15) is 43.0 Å². The largest absolute Gasteiger partial charge is 0.416 e. The zero-order valence-corrected chi connectivity index (χ0v) is 18.0. The summed E-state index contributed by atoms with van der Waals surface area (Å²) >= 11 is 0.954. The number of carbonyl (C=O) groups is 2. The second-order valence-corrected chi connectivity index (χ2v) is 7.82. The van der Waals surface area contributed by atoms with E-state index in [1.807, 2.05) is 0 Å². The molecule has 3 heterocycles. The normalized spacial score (nSPS) is 12.4. The van der Waals surface area contributed by atoms with Gasteiger partial charge in [-0.15, -0.1) is 15.3 Å². The van der Waals surface area contributed by atoms with Crippen molar-refractivity contribution in [1.82, 2.24) is 40.8 Å². The SMILES string of the molecule is CNC(=O)c1cn(C[C@@H](F)CCc2nnc(C(=O)NCc3cc(C(F)(F)F)ccn3)s2)nn1. The number of pyridine rings is 1. The predicted molar refractivity (Wildman–Crippen MR) is 107 cm³/mol. The van der Waals surface area contributed by atoms with Gasteiger partial charge in [0, 0.05) is 19.7 Å². The van der Waals surface area contributed by atoms with Crippen LogP contribution >= 0.6 is 11.3 Å². The van der Waals surface area contributed by atoms with Crippen molar-refractivity contribution in [2.24, 2.45) is 0 Å². The van der Waals surface area contributed by atoms with Crippen molar-refractivity contribution < 1.29 is 27.2 Å². The van der Waals surface area contributed by atoms with Crippen LogP contribution in [0.25, 0.3) is 0 Å². The fourth-order valence-electron chi connectivity index (χ4n) is 2.64. The summed E-state index contributed by atoms with van der Waals surface area (Å²) in [5, 5.41) is 20.2. The molecule has 10 nitrogen and oxygen atoms in total. The van der Waals surface area contributed by atoms with E-state index >= 15 is 0 Å².